The normalized spacial score (nSPS) is 24.2. The zero-order valence-electron chi connectivity index (χ0n) is 10.6. The minimum absolute atomic E-state index is 0.0507. The fourth-order valence-electron chi connectivity index (χ4n) is 2.40. The van der Waals surface area contributed by atoms with Crippen LogP contribution in [0.5, 0.6) is 0 Å². The van der Waals surface area contributed by atoms with Gasteiger partial charge in [-0.15, -0.1) is 0 Å². The summed E-state index contributed by atoms with van der Waals surface area (Å²) in [4.78, 5) is 25.4. The van der Waals surface area contributed by atoms with Gasteiger partial charge < -0.3 is 4.74 Å². The maximum Gasteiger partial charge on any atom is 0.317 e. The van der Waals surface area contributed by atoms with Crippen molar-refractivity contribution in [2.24, 2.45) is 5.92 Å². The molecule has 2 unspecified atom stereocenters. The van der Waals surface area contributed by atoms with Crippen LogP contribution in [0.25, 0.3) is 0 Å². The first-order valence-electron chi connectivity index (χ1n) is 6.02. The SMILES string of the molecule is COC(=O)C1C(=O)CN(Cc2ccccc2)C1C. The monoisotopic (exact) mass is 247 g/mol. The predicted octanol–water partition coefficient (Wildman–Crippen LogP) is 1.25. The molecule has 1 aromatic carbocycles. The van der Waals surface area contributed by atoms with Crippen LogP contribution < -0.4 is 0 Å². The molecule has 0 bridgehead atoms. The van der Waals surface area contributed by atoms with Crippen LogP contribution in [0.3, 0.4) is 0 Å². The van der Waals surface area contributed by atoms with Crippen molar-refractivity contribution in [1.82, 2.24) is 4.90 Å². The Labute approximate surface area is 107 Å². The van der Waals surface area contributed by atoms with Gasteiger partial charge in [-0.3, -0.25) is 14.5 Å². The van der Waals surface area contributed by atoms with Gasteiger partial charge in [-0.2, -0.15) is 0 Å². The van der Waals surface area contributed by atoms with Crippen molar-refractivity contribution in [1.29, 1.82) is 0 Å². The number of rotatable bonds is 3. The summed E-state index contributed by atoms with van der Waals surface area (Å²) in [5.41, 5.74) is 1.14. The fourth-order valence-corrected chi connectivity index (χ4v) is 2.40. The highest BCUT2D eigenvalue weighted by Crippen LogP contribution is 2.24. The smallest absolute Gasteiger partial charge is 0.317 e. The molecule has 1 fully saturated rings. The molecular formula is C14H17NO3. The number of ketones is 1. The van der Waals surface area contributed by atoms with E-state index in [1.807, 2.05) is 42.2 Å². The van der Waals surface area contributed by atoms with Crippen molar-refractivity contribution in [3.8, 4) is 0 Å². The van der Waals surface area contributed by atoms with Gasteiger partial charge in [0.25, 0.3) is 0 Å². The molecule has 0 aliphatic carbocycles. The quantitative estimate of drug-likeness (QED) is 0.595. The number of ether oxygens (including phenoxy) is 1. The maximum atomic E-state index is 11.8. The molecule has 1 aliphatic rings. The van der Waals surface area contributed by atoms with E-state index >= 15 is 0 Å². The minimum atomic E-state index is -0.640. The molecule has 0 amide bonds. The van der Waals surface area contributed by atoms with Gasteiger partial charge in [-0.1, -0.05) is 30.3 Å². The molecule has 1 heterocycles. The lowest BCUT2D eigenvalue weighted by molar-refractivity contribution is -0.148. The standard InChI is InChI=1S/C14H17NO3/c1-10-13(14(17)18-2)12(16)9-15(10)8-11-6-4-3-5-7-11/h3-7,10,13H,8-9H2,1-2H3. The van der Waals surface area contributed by atoms with Crippen molar-refractivity contribution in [3.63, 3.8) is 0 Å². The molecule has 18 heavy (non-hydrogen) atoms. The lowest BCUT2D eigenvalue weighted by Gasteiger charge is -2.22. The third kappa shape index (κ3) is 2.43. The van der Waals surface area contributed by atoms with E-state index in [9.17, 15) is 9.59 Å². The van der Waals surface area contributed by atoms with Crippen LogP contribution in [-0.2, 0) is 20.9 Å². The Morgan fingerprint density at radius 3 is 2.67 bits per heavy atom. The third-order valence-corrected chi connectivity index (χ3v) is 3.45. The second-order valence-electron chi connectivity index (χ2n) is 4.60. The molecule has 1 aromatic rings. The van der Waals surface area contributed by atoms with Crippen molar-refractivity contribution in [2.75, 3.05) is 13.7 Å². The maximum absolute atomic E-state index is 11.8. The molecule has 0 spiro atoms. The second-order valence-corrected chi connectivity index (χ2v) is 4.60. The first kappa shape index (κ1) is 12.8. The molecule has 0 radical (unpaired) electrons. The minimum Gasteiger partial charge on any atom is -0.468 e. The van der Waals surface area contributed by atoms with Gasteiger partial charge in [0.2, 0.25) is 0 Å². The molecule has 96 valence electrons. The Hall–Kier alpha value is -1.68. The van der Waals surface area contributed by atoms with Crippen molar-refractivity contribution >= 4 is 11.8 Å². The number of carbonyl (C=O) groups is 2. The summed E-state index contributed by atoms with van der Waals surface area (Å²) in [6, 6.07) is 9.82. The lowest BCUT2D eigenvalue weighted by Crippen LogP contribution is -2.33. The Bertz CT molecular complexity index is 444. The van der Waals surface area contributed by atoms with Crippen LogP contribution in [0.4, 0.5) is 0 Å². The first-order chi connectivity index (χ1) is 8.63. The van der Waals surface area contributed by atoms with Crippen LogP contribution >= 0.6 is 0 Å². The van der Waals surface area contributed by atoms with E-state index in [0.717, 1.165) is 5.56 Å². The Balaban J connectivity index is 2.08. The summed E-state index contributed by atoms with van der Waals surface area (Å²) in [5.74, 6) is -1.12. The van der Waals surface area contributed by atoms with Crippen LogP contribution in [0.2, 0.25) is 0 Å². The van der Waals surface area contributed by atoms with Gasteiger partial charge in [0, 0.05) is 12.6 Å². The summed E-state index contributed by atoms with van der Waals surface area (Å²) in [5, 5.41) is 0. The zero-order valence-corrected chi connectivity index (χ0v) is 10.6. The molecule has 1 aliphatic heterocycles. The number of Topliss-reactive ketones (excluding diaryl/α,β-unsaturated/α-hetero) is 1. The average molecular weight is 247 g/mol. The number of benzene rings is 1. The number of methoxy groups -OCH3 is 1. The van der Waals surface area contributed by atoms with Crippen molar-refractivity contribution in [2.45, 2.75) is 19.5 Å². The number of hydrogen-bond donors (Lipinski definition) is 0. The molecule has 0 N–H and O–H groups in total. The van der Waals surface area contributed by atoms with Crippen LogP contribution in [0.1, 0.15) is 12.5 Å². The third-order valence-electron chi connectivity index (χ3n) is 3.45. The van der Waals surface area contributed by atoms with Gasteiger partial charge in [0.15, 0.2) is 5.78 Å². The van der Waals surface area contributed by atoms with E-state index in [-0.39, 0.29) is 11.8 Å². The van der Waals surface area contributed by atoms with E-state index < -0.39 is 11.9 Å². The molecule has 0 aromatic heterocycles. The summed E-state index contributed by atoms with van der Waals surface area (Å²) in [6.45, 7) is 2.90. The molecule has 2 atom stereocenters. The fraction of sp³-hybridized carbons (Fsp3) is 0.429. The molecule has 1 saturated heterocycles. The number of likely N-dealkylation sites (tertiary alicyclic amines) is 1. The van der Waals surface area contributed by atoms with Crippen molar-refractivity contribution in [3.05, 3.63) is 35.9 Å². The van der Waals surface area contributed by atoms with Gasteiger partial charge in [0.1, 0.15) is 5.92 Å². The number of esters is 1. The molecule has 0 saturated carbocycles. The molecule has 4 nitrogen and oxygen atoms in total. The topological polar surface area (TPSA) is 46.6 Å². The highest BCUT2D eigenvalue weighted by atomic mass is 16.5. The van der Waals surface area contributed by atoms with Crippen LogP contribution in [0, 0.1) is 5.92 Å². The number of hydrogen-bond acceptors (Lipinski definition) is 4. The van der Waals surface area contributed by atoms with Gasteiger partial charge in [-0.25, -0.2) is 0 Å². The summed E-state index contributed by atoms with van der Waals surface area (Å²) < 4.78 is 4.69. The second kappa shape index (κ2) is 5.31. The Morgan fingerprint density at radius 2 is 2.06 bits per heavy atom. The predicted molar refractivity (Wildman–Crippen MR) is 66.8 cm³/mol. The molecule has 2 rings (SSSR count). The van der Waals surface area contributed by atoms with E-state index in [4.69, 9.17) is 0 Å². The van der Waals surface area contributed by atoms with Crippen molar-refractivity contribution < 1.29 is 14.3 Å². The first-order valence-corrected chi connectivity index (χ1v) is 6.02. The highest BCUT2D eigenvalue weighted by Gasteiger charge is 2.43. The van der Waals surface area contributed by atoms with Gasteiger partial charge in [0.05, 0.1) is 13.7 Å². The van der Waals surface area contributed by atoms with Gasteiger partial charge in [-0.05, 0) is 12.5 Å². The van der Waals surface area contributed by atoms with Crippen LogP contribution in [0.15, 0.2) is 30.3 Å². The Kier molecular flexibility index (Phi) is 3.77. The largest absolute Gasteiger partial charge is 0.468 e. The van der Waals surface area contributed by atoms with E-state index in [2.05, 4.69) is 4.74 Å². The Morgan fingerprint density at radius 1 is 1.39 bits per heavy atom. The van der Waals surface area contributed by atoms with Gasteiger partial charge >= 0.3 is 5.97 Å². The van der Waals surface area contributed by atoms with Crippen LogP contribution in [-0.4, -0.2) is 36.3 Å². The highest BCUT2D eigenvalue weighted by molar-refractivity contribution is 6.02. The van der Waals surface area contributed by atoms with E-state index in [1.165, 1.54) is 7.11 Å². The lowest BCUT2D eigenvalue weighted by atomic mass is 10.0. The number of nitrogens with zero attached hydrogens (tertiary/aromatic N) is 1. The number of carbonyl (C=O) groups excluding carboxylic acids is 2. The average Bonchev–Trinajstić information content (AvgIpc) is 2.65. The zero-order chi connectivity index (χ0) is 13.1. The molecule has 4 heteroatoms. The summed E-state index contributed by atoms with van der Waals surface area (Å²) in [6.07, 6.45) is 0. The molecular weight excluding hydrogens is 230 g/mol. The van der Waals surface area contributed by atoms with E-state index in [1.54, 1.807) is 0 Å². The summed E-state index contributed by atoms with van der Waals surface area (Å²) in [7, 11) is 1.32. The summed E-state index contributed by atoms with van der Waals surface area (Å²) >= 11 is 0. The van der Waals surface area contributed by atoms with E-state index in [0.29, 0.717) is 13.1 Å².